The van der Waals surface area contributed by atoms with Crippen LogP contribution < -0.4 is 10.9 Å². The van der Waals surface area contributed by atoms with E-state index < -0.39 is 0 Å². The average Bonchev–Trinajstić information content (AvgIpc) is 3.45. The first-order chi connectivity index (χ1) is 13.1. The number of halogens is 1. The minimum atomic E-state index is -0.134. The molecule has 0 atom stereocenters. The van der Waals surface area contributed by atoms with Crippen LogP contribution in [-0.2, 0) is 0 Å². The molecular formula is C19H15ClN6O. The number of anilines is 2. The maximum Gasteiger partial charge on any atom is 0.186 e. The fraction of sp³-hybridized carbons (Fsp3) is 0.158. The number of nitrogens with one attached hydrogen (secondary N) is 1. The standard InChI is InChI=1S/C19H15ClN6O/c20-14-9-22-17-12-4-2-1-3-11(12)15(27)8-7-13-16(10-5-6-10)24-25-18(13)26(21)19(14)23-17/h1-4,7-10H,5-6,21H2,(H,24,25)/b8-7-. The fourth-order valence-electron chi connectivity index (χ4n) is 3.28. The van der Waals surface area contributed by atoms with Crippen molar-refractivity contribution >= 4 is 35.1 Å². The van der Waals surface area contributed by atoms with Gasteiger partial charge in [-0.25, -0.2) is 20.8 Å². The molecule has 0 saturated heterocycles. The predicted octanol–water partition coefficient (Wildman–Crippen LogP) is 3.62. The number of rotatable bonds is 1. The number of hydrogen-bond acceptors (Lipinski definition) is 6. The fourth-order valence-corrected chi connectivity index (χ4v) is 3.47. The normalized spacial score (nSPS) is 17.1. The molecule has 27 heavy (non-hydrogen) atoms. The smallest absolute Gasteiger partial charge is 0.186 e. The van der Waals surface area contributed by atoms with Crippen LogP contribution in [0.25, 0.3) is 17.5 Å². The Balaban J connectivity index is 1.79. The first-order valence-corrected chi connectivity index (χ1v) is 8.98. The number of nitrogens with two attached hydrogens (primary N) is 1. The molecule has 1 fully saturated rings. The summed E-state index contributed by atoms with van der Waals surface area (Å²) in [5, 5.41) is 9.07. The second-order valence-electron chi connectivity index (χ2n) is 6.63. The molecule has 134 valence electrons. The third kappa shape index (κ3) is 2.63. The summed E-state index contributed by atoms with van der Waals surface area (Å²) in [6.07, 6.45) is 6.97. The van der Waals surface area contributed by atoms with Gasteiger partial charge in [-0.3, -0.25) is 9.89 Å². The van der Waals surface area contributed by atoms with Crippen LogP contribution >= 0.6 is 11.6 Å². The van der Waals surface area contributed by atoms with Crippen LogP contribution in [0.5, 0.6) is 0 Å². The second kappa shape index (κ2) is 6.00. The molecule has 0 radical (unpaired) electrons. The summed E-state index contributed by atoms with van der Waals surface area (Å²) < 4.78 is 0. The molecule has 1 saturated carbocycles. The Bertz CT molecular complexity index is 1100. The Labute approximate surface area is 159 Å². The summed E-state index contributed by atoms with van der Waals surface area (Å²) in [6, 6.07) is 7.22. The lowest BCUT2D eigenvalue weighted by molar-refractivity contribution is 0.104. The van der Waals surface area contributed by atoms with Gasteiger partial charge in [0, 0.05) is 28.3 Å². The van der Waals surface area contributed by atoms with Crippen LogP contribution in [0.15, 0.2) is 36.5 Å². The summed E-state index contributed by atoms with van der Waals surface area (Å²) in [6.45, 7) is 0. The zero-order valence-electron chi connectivity index (χ0n) is 14.2. The minimum Gasteiger partial charge on any atom is -0.289 e. The van der Waals surface area contributed by atoms with Crippen molar-refractivity contribution in [3.63, 3.8) is 0 Å². The molecule has 5 rings (SSSR count). The monoisotopic (exact) mass is 378 g/mol. The minimum absolute atomic E-state index is 0.134. The lowest BCUT2D eigenvalue weighted by Gasteiger charge is -2.17. The highest BCUT2D eigenvalue weighted by atomic mass is 35.5. The summed E-state index contributed by atoms with van der Waals surface area (Å²) in [7, 11) is 0. The van der Waals surface area contributed by atoms with Gasteiger partial charge in [-0.15, -0.1) is 0 Å². The second-order valence-corrected chi connectivity index (χ2v) is 7.03. The van der Waals surface area contributed by atoms with Crippen LogP contribution in [0, 0.1) is 0 Å². The van der Waals surface area contributed by atoms with Gasteiger partial charge in [0.2, 0.25) is 0 Å². The maximum atomic E-state index is 12.9. The SMILES string of the molecule is NN1c2nc(ncc2Cl)-c2ccccc2C(=O)/C=C\c2c1n[nH]c2C1CC1. The van der Waals surface area contributed by atoms with E-state index in [2.05, 4.69) is 20.2 Å². The van der Waals surface area contributed by atoms with Gasteiger partial charge in [-0.1, -0.05) is 35.9 Å². The number of hydrogen-bond donors (Lipinski definition) is 2. The Morgan fingerprint density at radius 1 is 1.15 bits per heavy atom. The summed E-state index contributed by atoms with van der Waals surface area (Å²) in [5.74, 6) is 7.79. The van der Waals surface area contributed by atoms with Gasteiger partial charge in [0.1, 0.15) is 5.02 Å². The summed E-state index contributed by atoms with van der Waals surface area (Å²) in [5.41, 5.74) is 2.90. The van der Waals surface area contributed by atoms with Gasteiger partial charge >= 0.3 is 0 Å². The van der Waals surface area contributed by atoms with Crippen molar-refractivity contribution in [1.29, 1.82) is 0 Å². The van der Waals surface area contributed by atoms with Crippen molar-refractivity contribution in [2.24, 2.45) is 5.84 Å². The number of hydrazine groups is 1. The van der Waals surface area contributed by atoms with E-state index in [0.717, 1.165) is 24.1 Å². The third-order valence-electron chi connectivity index (χ3n) is 4.82. The van der Waals surface area contributed by atoms with Gasteiger partial charge in [0.15, 0.2) is 23.2 Å². The highest BCUT2D eigenvalue weighted by Crippen LogP contribution is 2.44. The molecule has 1 aliphatic carbocycles. The van der Waals surface area contributed by atoms with Gasteiger partial charge in [-0.05, 0) is 25.0 Å². The van der Waals surface area contributed by atoms with E-state index in [1.54, 1.807) is 18.2 Å². The molecule has 3 N–H and O–H groups in total. The largest absolute Gasteiger partial charge is 0.289 e. The summed E-state index contributed by atoms with van der Waals surface area (Å²) in [4.78, 5) is 21.7. The van der Waals surface area contributed by atoms with E-state index in [1.807, 2.05) is 18.2 Å². The molecule has 2 bridgehead atoms. The number of nitrogens with zero attached hydrogens (tertiary/aromatic N) is 4. The van der Waals surface area contributed by atoms with E-state index in [1.165, 1.54) is 11.2 Å². The number of ketones is 1. The van der Waals surface area contributed by atoms with Gasteiger partial charge in [0.25, 0.3) is 0 Å². The molecule has 7 nitrogen and oxygen atoms in total. The Hall–Kier alpha value is -3.03. The van der Waals surface area contributed by atoms with Crippen molar-refractivity contribution in [1.82, 2.24) is 20.2 Å². The topological polar surface area (TPSA) is 101 Å². The summed E-state index contributed by atoms with van der Waals surface area (Å²) >= 11 is 6.32. The van der Waals surface area contributed by atoms with Crippen LogP contribution in [-0.4, -0.2) is 25.9 Å². The van der Waals surface area contributed by atoms with Gasteiger partial charge < -0.3 is 0 Å². The number of benzene rings is 1. The third-order valence-corrected chi connectivity index (χ3v) is 5.08. The molecule has 8 heteroatoms. The number of carbonyl (C=O) groups excluding carboxylic acids is 1. The molecule has 0 spiro atoms. The molecule has 2 aliphatic rings. The highest BCUT2D eigenvalue weighted by Gasteiger charge is 2.31. The Kier molecular flexibility index (Phi) is 3.60. The van der Waals surface area contributed by atoms with E-state index in [4.69, 9.17) is 17.4 Å². The van der Waals surface area contributed by atoms with Gasteiger partial charge in [-0.2, -0.15) is 5.10 Å². The number of allylic oxidation sites excluding steroid dienone is 1. The van der Waals surface area contributed by atoms with E-state index >= 15 is 0 Å². The van der Waals surface area contributed by atoms with Crippen molar-refractivity contribution in [3.05, 3.63) is 58.4 Å². The van der Waals surface area contributed by atoms with E-state index in [9.17, 15) is 4.79 Å². The van der Waals surface area contributed by atoms with E-state index in [-0.39, 0.29) is 5.78 Å². The molecule has 3 aromatic rings. The van der Waals surface area contributed by atoms with Crippen LogP contribution in [0.3, 0.4) is 0 Å². The first-order valence-electron chi connectivity index (χ1n) is 8.61. The Morgan fingerprint density at radius 3 is 2.70 bits per heavy atom. The number of H-pyrrole nitrogens is 1. The molecular weight excluding hydrogens is 364 g/mol. The number of carbonyl (C=O) groups is 1. The molecule has 1 aromatic carbocycles. The molecule has 2 aromatic heterocycles. The zero-order valence-corrected chi connectivity index (χ0v) is 14.9. The van der Waals surface area contributed by atoms with Crippen LogP contribution in [0.4, 0.5) is 11.6 Å². The number of aromatic nitrogens is 4. The molecule has 0 amide bonds. The lowest BCUT2D eigenvalue weighted by Crippen LogP contribution is -2.27. The van der Waals surface area contributed by atoms with Crippen molar-refractivity contribution in [2.75, 3.05) is 5.01 Å². The Morgan fingerprint density at radius 2 is 1.93 bits per heavy atom. The highest BCUT2D eigenvalue weighted by molar-refractivity contribution is 6.33. The lowest BCUT2D eigenvalue weighted by atomic mass is 10.0. The van der Waals surface area contributed by atoms with Crippen molar-refractivity contribution in [2.45, 2.75) is 18.8 Å². The first kappa shape index (κ1) is 16.2. The van der Waals surface area contributed by atoms with Crippen LogP contribution in [0.1, 0.15) is 40.4 Å². The average molecular weight is 379 g/mol. The maximum absolute atomic E-state index is 12.9. The molecule has 0 unspecified atom stereocenters. The quantitative estimate of drug-likeness (QED) is 0.627. The van der Waals surface area contributed by atoms with Crippen molar-refractivity contribution < 1.29 is 4.79 Å². The van der Waals surface area contributed by atoms with E-state index in [0.29, 0.717) is 39.5 Å². The van der Waals surface area contributed by atoms with Gasteiger partial charge in [0.05, 0.1) is 6.20 Å². The predicted molar refractivity (Wildman–Crippen MR) is 103 cm³/mol. The number of fused-ring (bicyclic) bond motifs is 5. The molecule has 1 aliphatic heterocycles. The van der Waals surface area contributed by atoms with Crippen LogP contribution in [0.2, 0.25) is 5.02 Å². The molecule has 3 heterocycles. The zero-order chi connectivity index (χ0) is 18.5. The number of aromatic amines is 1. The van der Waals surface area contributed by atoms with Crippen molar-refractivity contribution in [3.8, 4) is 11.4 Å².